The molecule has 184 valence electrons. The van der Waals surface area contributed by atoms with E-state index in [2.05, 4.69) is 5.32 Å². The molecule has 4 rings (SSSR count). The van der Waals surface area contributed by atoms with Crippen LogP contribution in [-0.2, 0) is 16.2 Å². The molecule has 7 nitrogen and oxygen atoms in total. The lowest BCUT2D eigenvalue weighted by molar-refractivity contribution is -0.127. The van der Waals surface area contributed by atoms with Crippen molar-refractivity contribution in [1.82, 2.24) is 4.90 Å². The summed E-state index contributed by atoms with van der Waals surface area (Å²) < 4.78 is 24.1. The molecule has 0 radical (unpaired) electrons. The number of benzene rings is 3. The van der Waals surface area contributed by atoms with Crippen LogP contribution in [0.25, 0.3) is 6.08 Å². The summed E-state index contributed by atoms with van der Waals surface area (Å²) in [5.41, 5.74) is 2.07. The van der Waals surface area contributed by atoms with Gasteiger partial charge in [-0.05, 0) is 84.4 Å². The Bertz CT molecular complexity index is 1280. The monoisotopic (exact) mass is 506 g/mol. The van der Waals surface area contributed by atoms with Crippen LogP contribution >= 0.6 is 11.8 Å². The standard InChI is InChI=1S/C27H23FN2O5S/c1-2-34-22-13-9-21(10-14-22)29-25(31)16-30-26(32)24(36-27(30)33)15-18-5-11-23(12-6-18)35-17-19-3-7-20(28)8-4-19/h3-15H,2,16-17H2,1H3,(H,29,31)/b24-15+. The van der Waals surface area contributed by atoms with Crippen molar-refractivity contribution in [3.63, 3.8) is 0 Å². The third-order valence-electron chi connectivity index (χ3n) is 5.12. The highest BCUT2D eigenvalue weighted by atomic mass is 32.2. The summed E-state index contributed by atoms with van der Waals surface area (Å²) in [5.74, 6) is -0.0239. The minimum Gasteiger partial charge on any atom is -0.494 e. The van der Waals surface area contributed by atoms with Crippen LogP contribution in [0.2, 0.25) is 0 Å². The zero-order chi connectivity index (χ0) is 25.5. The fraction of sp³-hybridized carbons (Fsp3) is 0.148. The van der Waals surface area contributed by atoms with E-state index < -0.39 is 17.1 Å². The minimum atomic E-state index is -0.525. The molecule has 0 aromatic heterocycles. The molecule has 0 aliphatic carbocycles. The smallest absolute Gasteiger partial charge is 0.294 e. The quantitative estimate of drug-likeness (QED) is 0.387. The molecule has 3 amide bonds. The van der Waals surface area contributed by atoms with E-state index in [0.717, 1.165) is 22.2 Å². The molecule has 0 saturated carbocycles. The highest BCUT2D eigenvalue weighted by Gasteiger charge is 2.36. The third kappa shape index (κ3) is 6.51. The Morgan fingerprint density at radius 2 is 1.58 bits per heavy atom. The highest BCUT2D eigenvalue weighted by Crippen LogP contribution is 2.32. The molecule has 1 aliphatic heterocycles. The predicted molar refractivity (Wildman–Crippen MR) is 136 cm³/mol. The Morgan fingerprint density at radius 1 is 0.944 bits per heavy atom. The Morgan fingerprint density at radius 3 is 2.25 bits per heavy atom. The zero-order valence-electron chi connectivity index (χ0n) is 19.4. The molecule has 1 saturated heterocycles. The molecule has 1 fully saturated rings. The van der Waals surface area contributed by atoms with Gasteiger partial charge in [0.2, 0.25) is 5.91 Å². The molecule has 0 spiro atoms. The van der Waals surface area contributed by atoms with Gasteiger partial charge < -0.3 is 14.8 Å². The number of nitrogens with zero attached hydrogens (tertiary/aromatic N) is 1. The van der Waals surface area contributed by atoms with Crippen molar-refractivity contribution in [2.75, 3.05) is 18.5 Å². The second-order valence-corrected chi connectivity index (χ2v) is 8.75. The van der Waals surface area contributed by atoms with Crippen molar-refractivity contribution in [3.8, 4) is 11.5 Å². The number of halogens is 1. The molecule has 3 aromatic rings. The molecule has 36 heavy (non-hydrogen) atoms. The van der Waals surface area contributed by atoms with Crippen LogP contribution in [-0.4, -0.2) is 35.1 Å². The van der Waals surface area contributed by atoms with Crippen LogP contribution < -0.4 is 14.8 Å². The first kappa shape index (κ1) is 25.0. The van der Waals surface area contributed by atoms with Gasteiger partial charge >= 0.3 is 0 Å². The second-order valence-electron chi connectivity index (χ2n) is 7.76. The number of hydrogen-bond acceptors (Lipinski definition) is 6. The van der Waals surface area contributed by atoms with Crippen LogP contribution in [0.15, 0.2) is 77.7 Å². The molecule has 9 heteroatoms. The Hall–Kier alpha value is -4.11. The molecular weight excluding hydrogens is 483 g/mol. The normalized spacial score (nSPS) is 14.3. The van der Waals surface area contributed by atoms with Gasteiger partial charge in [-0.1, -0.05) is 24.3 Å². The van der Waals surface area contributed by atoms with Crippen LogP contribution in [0.5, 0.6) is 11.5 Å². The van der Waals surface area contributed by atoms with Gasteiger partial charge in [-0.25, -0.2) is 4.39 Å². The van der Waals surface area contributed by atoms with E-state index in [1.807, 2.05) is 6.92 Å². The summed E-state index contributed by atoms with van der Waals surface area (Å²) >= 11 is 0.785. The van der Waals surface area contributed by atoms with Crippen LogP contribution in [0.3, 0.4) is 0 Å². The first-order chi connectivity index (χ1) is 17.4. The van der Waals surface area contributed by atoms with Gasteiger partial charge in [0.1, 0.15) is 30.5 Å². The summed E-state index contributed by atoms with van der Waals surface area (Å²) in [6.45, 7) is 2.32. The SMILES string of the molecule is CCOc1ccc(NC(=O)CN2C(=O)S/C(=C/c3ccc(OCc4ccc(F)cc4)cc3)C2=O)cc1. The average Bonchev–Trinajstić information content (AvgIpc) is 3.13. The zero-order valence-corrected chi connectivity index (χ0v) is 20.2. The van der Waals surface area contributed by atoms with Gasteiger partial charge in [0.25, 0.3) is 11.1 Å². The molecule has 0 atom stereocenters. The van der Waals surface area contributed by atoms with Crippen molar-refractivity contribution < 1.29 is 28.2 Å². The van der Waals surface area contributed by atoms with E-state index in [0.29, 0.717) is 29.4 Å². The number of imide groups is 1. The topological polar surface area (TPSA) is 84.9 Å². The highest BCUT2D eigenvalue weighted by molar-refractivity contribution is 8.18. The summed E-state index contributed by atoms with van der Waals surface area (Å²) in [5, 5.41) is 2.17. The van der Waals surface area contributed by atoms with E-state index in [-0.39, 0.29) is 23.9 Å². The largest absolute Gasteiger partial charge is 0.494 e. The molecule has 1 aliphatic rings. The summed E-state index contributed by atoms with van der Waals surface area (Å²) in [7, 11) is 0. The maximum absolute atomic E-state index is 13.0. The number of rotatable bonds is 9. The maximum atomic E-state index is 13.0. The van der Waals surface area contributed by atoms with Gasteiger partial charge in [-0.2, -0.15) is 0 Å². The van der Waals surface area contributed by atoms with Gasteiger partial charge in [-0.15, -0.1) is 0 Å². The molecular formula is C27H23FN2O5S. The van der Waals surface area contributed by atoms with Gasteiger partial charge in [0.15, 0.2) is 0 Å². The second kappa shape index (κ2) is 11.5. The summed E-state index contributed by atoms with van der Waals surface area (Å²) in [4.78, 5) is 38.7. The van der Waals surface area contributed by atoms with Gasteiger partial charge in [0, 0.05) is 5.69 Å². The van der Waals surface area contributed by atoms with Crippen LogP contribution in [0.4, 0.5) is 14.9 Å². The van der Waals surface area contributed by atoms with Crippen molar-refractivity contribution in [2.24, 2.45) is 0 Å². The third-order valence-corrected chi connectivity index (χ3v) is 6.03. The number of anilines is 1. The van der Waals surface area contributed by atoms with E-state index in [1.165, 1.54) is 12.1 Å². The van der Waals surface area contributed by atoms with E-state index in [1.54, 1.807) is 66.7 Å². The lowest BCUT2D eigenvalue weighted by atomic mass is 10.2. The fourth-order valence-electron chi connectivity index (χ4n) is 3.34. The molecule has 1 heterocycles. The number of carbonyl (C=O) groups is 3. The van der Waals surface area contributed by atoms with Gasteiger partial charge in [-0.3, -0.25) is 19.3 Å². The molecule has 3 aromatic carbocycles. The lowest BCUT2D eigenvalue weighted by Crippen LogP contribution is -2.36. The van der Waals surface area contributed by atoms with Crippen molar-refractivity contribution in [3.05, 3.63) is 94.6 Å². The number of thioether (sulfide) groups is 1. The molecule has 1 N–H and O–H groups in total. The average molecular weight is 507 g/mol. The number of nitrogens with one attached hydrogen (secondary N) is 1. The Labute approximate surface area is 211 Å². The van der Waals surface area contributed by atoms with Crippen molar-refractivity contribution in [1.29, 1.82) is 0 Å². The minimum absolute atomic E-state index is 0.230. The lowest BCUT2D eigenvalue weighted by Gasteiger charge is -2.12. The maximum Gasteiger partial charge on any atom is 0.294 e. The first-order valence-corrected chi connectivity index (χ1v) is 12.0. The summed E-state index contributed by atoms with van der Waals surface area (Å²) in [6, 6.07) is 19.9. The van der Waals surface area contributed by atoms with Crippen molar-refractivity contribution >= 4 is 40.6 Å². The van der Waals surface area contributed by atoms with Crippen LogP contribution in [0, 0.1) is 5.82 Å². The molecule has 0 unspecified atom stereocenters. The Kier molecular flexibility index (Phi) is 8.02. The number of hydrogen-bond donors (Lipinski definition) is 1. The fourth-order valence-corrected chi connectivity index (χ4v) is 4.18. The molecule has 0 bridgehead atoms. The first-order valence-electron chi connectivity index (χ1n) is 11.2. The van der Waals surface area contributed by atoms with Gasteiger partial charge in [0.05, 0.1) is 11.5 Å². The van der Waals surface area contributed by atoms with E-state index in [9.17, 15) is 18.8 Å². The van der Waals surface area contributed by atoms with Crippen LogP contribution in [0.1, 0.15) is 18.1 Å². The Balaban J connectivity index is 1.33. The van der Waals surface area contributed by atoms with E-state index in [4.69, 9.17) is 9.47 Å². The number of amides is 3. The number of ether oxygens (including phenoxy) is 2. The van der Waals surface area contributed by atoms with Crippen molar-refractivity contribution in [2.45, 2.75) is 13.5 Å². The summed E-state index contributed by atoms with van der Waals surface area (Å²) in [6.07, 6.45) is 1.60. The number of carbonyl (C=O) groups excluding carboxylic acids is 3. The predicted octanol–water partition coefficient (Wildman–Crippen LogP) is 5.48. The van der Waals surface area contributed by atoms with E-state index >= 15 is 0 Å².